The second kappa shape index (κ2) is 12.5. The maximum atomic E-state index is 14.0. The fourth-order valence-corrected chi connectivity index (χ4v) is 5.57. The second-order valence-corrected chi connectivity index (χ2v) is 11.8. The summed E-state index contributed by atoms with van der Waals surface area (Å²) >= 11 is 13.3. The van der Waals surface area contributed by atoms with Gasteiger partial charge in [-0.15, -0.1) is 0 Å². The molecule has 1 aliphatic heterocycles. The molecule has 0 bridgehead atoms. The van der Waals surface area contributed by atoms with E-state index in [1.54, 1.807) is 51.0 Å². The van der Waals surface area contributed by atoms with Gasteiger partial charge in [-0.05, 0) is 26.8 Å². The van der Waals surface area contributed by atoms with Crippen molar-refractivity contribution < 1.29 is 23.7 Å². The SMILES string of the molecule is CNc1ncc2cc(-c3c(Cl)c(OC)cc(OC)c3Cl)c(=O)n(CCC[N+]3([O-])CCN(C(=O)OC(C)(C)C)CC3)c2n1. The lowest BCUT2D eigenvalue weighted by Crippen LogP contribution is -2.58. The molecular weight excluding hydrogens is 587 g/mol. The minimum absolute atomic E-state index is 0.158. The number of pyridine rings is 1. The van der Waals surface area contributed by atoms with Gasteiger partial charge >= 0.3 is 6.09 Å². The number of hydrogen-bond acceptors (Lipinski definition) is 9. The van der Waals surface area contributed by atoms with Gasteiger partial charge in [0.2, 0.25) is 5.95 Å². The summed E-state index contributed by atoms with van der Waals surface area (Å²) in [5, 5.41) is 17.3. The first-order chi connectivity index (χ1) is 19.8. The van der Waals surface area contributed by atoms with E-state index in [4.69, 9.17) is 37.4 Å². The Kier molecular flexibility index (Phi) is 9.41. The molecule has 1 aliphatic rings. The Hall–Kier alpha value is -3.32. The third-order valence-electron chi connectivity index (χ3n) is 7.05. The normalized spacial score (nSPS) is 15.0. The topological polar surface area (TPSA) is 131 Å². The van der Waals surface area contributed by atoms with E-state index in [1.165, 1.54) is 18.8 Å². The van der Waals surface area contributed by atoms with Crippen molar-refractivity contribution in [2.75, 3.05) is 59.3 Å². The van der Waals surface area contributed by atoms with Gasteiger partial charge in [0.1, 0.15) is 22.7 Å². The Bertz CT molecular complexity index is 1500. The van der Waals surface area contributed by atoms with Crippen molar-refractivity contribution in [2.24, 2.45) is 0 Å². The van der Waals surface area contributed by atoms with Gasteiger partial charge in [0.15, 0.2) is 0 Å². The molecule has 0 atom stereocenters. The van der Waals surface area contributed by atoms with Crippen LogP contribution in [0.1, 0.15) is 27.2 Å². The summed E-state index contributed by atoms with van der Waals surface area (Å²) in [6, 6.07) is 3.19. The zero-order valence-electron chi connectivity index (χ0n) is 24.6. The molecule has 4 rings (SSSR count). The maximum Gasteiger partial charge on any atom is 0.410 e. The molecule has 1 N–H and O–H groups in total. The van der Waals surface area contributed by atoms with Gasteiger partial charge in [0, 0.05) is 43.2 Å². The number of hydrogen-bond donors (Lipinski definition) is 1. The van der Waals surface area contributed by atoms with Crippen molar-refractivity contribution in [2.45, 2.75) is 39.3 Å². The number of piperazine rings is 1. The molecular formula is C28H36Cl2N6O6. The highest BCUT2D eigenvalue weighted by atomic mass is 35.5. The van der Waals surface area contributed by atoms with Crippen molar-refractivity contribution >= 4 is 46.3 Å². The molecule has 0 saturated carbocycles. The summed E-state index contributed by atoms with van der Waals surface area (Å²) in [5.74, 6) is 0.932. The second-order valence-electron chi connectivity index (χ2n) is 11.1. The number of carbonyl (C=O) groups excluding carboxylic acids is 1. The van der Waals surface area contributed by atoms with Crippen LogP contribution in [0.4, 0.5) is 10.7 Å². The third kappa shape index (κ3) is 6.67. The minimum Gasteiger partial charge on any atom is -0.633 e. The predicted molar refractivity (Wildman–Crippen MR) is 163 cm³/mol. The summed E-state index contributed by atoms with van der Waals surface area (Å²) in [7, 11) is 4.60. The van der Waals surface area contributed by atoms with Crippen LogP contribution in [0.15, 0.2) is 23.1 Å². The molecule has 1 saturated heterocycles. The van der Waals surface area contributed by atoms with Crippen LogP contribution in [0.25, 0.3) is 22.2 Å². The summed E-state index contributed by atoms with van der Waals surface area (Å²) in [4.78, 5) is 36.8. The number of rotatable bonds is 8. The first-order valence-electron chi connectivity index (χ1n) is 13.5. The Labute approximate surface area is 254 Å². The first-order valence-corrected chi connectivity index (χ1v) is 14.3. The number of amides is 1. The highest BCUT2D eigenvalue weighted by molar-refractivity contribution is 6.41. The quantitative estimate of drug-likeness (QED) is 0.278. The summed E-state index contributed by atoms with van der Waals surface area (Å²) in [6.45, 7) is 6.93. The van der Waals surface area contributed by atoms with Crippen molar-refractivity contribution in [3.63, 3.8) is 0 Å². The highest BCUT2D eigenvalue weighted by Gasteiger charge is 2.31. The van der Waals surface area contributed by atoms with E-state index >= 15 is 0 Å². The van der Waals surface area contributed by atoms with Gasteiger partial charge < -0.3 is 29.4 Å². The number of nitrogens with one attached hydrogen (secondary N) is 1. The van der Waals surface area contributed by atoms with Crippen LogP contribution in [-0.2, 0) is 11.3 Å². The lowest BCUT2D eigenvalue weighted by molar-refractivity contribution is -0.884. The Morgan fingerprint density at radius 3 is 2.29 bits per heavy atom. The van der Waals surface area contributed by atoms with Gasteiger partial charge in [-0.25, -0.2) is 9.78 Å². The molecule has 0 radical (unpaired) electrons. The zero-order valence-corrected chi connectivity index (χ0v) is 26.1. The van der Waals surface area contributed by atoms with Gasteiger partial charge in [-0.2, -0.15) is 4.98 Å². The highest BCUT2D eigenvalue weighted by Crippen LogP contribution is 2.45. The van der Waals surface area contributed by atoms with Crippen LogP contribution < -0.4 is 20.3 Å². The summed E-state index contributed by atoms with van der Waals surface area (Å²) in [6.07, 6.45) is 1.57. The molecule has 12 nitrogen and oxygen atoms in total. The molecule has 2 aromatic heterocycles. The van der Waals surface area contributed by atoms with Crippen molar-refractivity contribution in [3.8, 4) is 22.6 Å². The number of halogens is 2. The van der Waals surface area contributed by atoms with Crippen molar-refractivity contribution in [3.05, 3.63) is 43.9 Å². The Morgan fingerprint density at radius 1 is 1.12 bits per heavy atom. The third-order valence-corrected chi connectivity index (χ3v) is 7.80. The minimum atomic E-state index is -0.607. The molecule has 228 valence electrons. The van der Waals surface area contributed by atoms with E-state index in [9.17, 15) is 14.8 Å². The van der Waals surface area contributed by atoms with Gasteiger partial charge in [-0.3, -0.25) is 14.3 Å². The molecule has 0 aliphatic carbocycles. The molecule has 0 unspecified atom stereocenters. The van der Waals surface area contributed by atoms with E-state index < -0.39 is 21.9 Å². The number of ether oxygens (including phenoxy) is 3. The summed E-state index contributed by atoms with van der Waals surface area (Å²) < 4.78 is 17.3. The molecule has 3 heterocycles. The smallest absolute Gasteiger partial charge is 0.410 e. The fraction of sp³-hybridized carbons (Fsp3) is 0.500. The Morgan fingerprint density at radius 2 is 1.74 bits per heavy atom. The zero-order chi connectivity index (χ0) is 30.8. The average Bonchev–Trinajstić information content (AvgIpc) is 2.94. The van der Waals surface area contributed by atoms with E-state index in [0.29, 0.717) is 48.0 Å². The van der Waals surface area contributed by atoms with Crippen molar-refractivity contribution in [1.82, 2.24) is 19.4 Å². The number of methoxy groups -OCH3 is 2. The number of benzene rings is 1. The maximum absolute atomic E-state index is 14.0. The summed E-state index contributed by atoms with van der Waals surface area (Å²) in [5.41, 5.74) is -0.123. The van der Waals surface area contributed by atoms with Crippen LogP contribution in [0, 0.1) is 5.21 Å². The standard InChI is InChI=1S/C28H36Cl2N6O6/c1-28(2,3)42-27(38)34-9-12-36(39,13-10-34)11-7-8-35-24-17(16-32-26(31-4)33-24)14-18(25(35)37)21-22(29)19(40-5)15-20(41-6)23(21)30/h14-16H,7-13H2,1-6H3,(H,31,32,33). The largest absolute Gasteiger partial charge is 0.633 e. The van der Waals surface area contributed by atoms with E-state index in [-0.39, 0.29) is 47.4 Å². The number of hydroxylamine groups is 3. The molecule has 1 aromatic carbocycles. The number of aryl methyl sites for hydroxylation is 1. The number of aromatic nitrogens is 3. The van der Waals surface area contributed by atoms with Crippen LogP contribution in [0.5, 0.6) is 11.5 Å². The van der Waals surface area contributed by atoms with Crippen LogP contribution in [0.3, 0.4) is 0 Å². The lowest BCUT2D eigenvalue weighted by Gasteiger charge is -2.48. The van der Waals surface area contributed by atoms with Gasteiger partial charge in [-0.1, -0.05) is 23.2 Å². The first kappa shape index (κ1) is 31.6. The molecule has 14 heteroatoms. The van der Waals surface area contributed by atoms with E-state index in [0.717, 1.165) is 0 Å². The number of quaternary nitrogens is 1. The van der Waals surface area contributed by atoms with Crippen LogP contribution in [0.2, 0.25) is 10.0 Å². The molecule has 42 heavy (non-hydrogen) atoms. The Balaban J connectivity index is 1.64. The fourth-order valence-electron chi connectivity index (χ4n) is 4.87. The van der Waals surface area contributed by atoms with Gasteiger partial charge in [0.25, 0.3) is 5.56 Å². The number of fused-ring (bicyclic) bond motifs is 1. The van der Waals surface area contributed by atoms with Gasteiger partial charge in [0.05, 0.1) is 62.6 Å². The molecule has 1 amide bonds. The molecule has 0 spiro atoms. The molecule has 3 aromatic rings. The molecule has 1 fully saturated rings. The van der Waals surface area contributed by atoms with Crippen molar-refractivity contribution in [1.29, 1.82) is 0 Å². The van der Waals surface area contributed by atoms with E-state index in [2.05, 4.69) is 15.3 Å². The van der Waals surface area contributed by atoms with Crippen LogP contribution in [-0.4, -0.2) is 89.8 Å². The average molecular weight is 624 g/mol. The number of anilines is 1. The predicted octanol–water partition coefficient (Wildman–Crippen LogP) is 4.78. The number of carbonyl (C=O) groups is 1. The van der Waals surface area contributed by atoms with Crippen LogP contribution >= 0.6 is 23.2 Å². The lowest BCUT2D eigenvalue weighted by atomic mass is 10.0. The number of nitrogens with zero attached hydrogens (tertiary/aromatic N) is 5. The monoisotopic (exact) mass is 622 g/mol. The van der Waals surface area contributed by atoms with E-state index in [1.807, 2.05) is 0 Å².